The molecule has 1 heterocycles. The van der Waals surface area contributed by atoms with Crippen LogP contribution >= 0.6 is 0 Å². The molecule has 0 spiro atoms. The largest absolute Gasteiger partial charge is 0.484 e. The molecule has 1 unspecified atom stereocenters. The number of carbonyl (C=O) groups excluding carboxylic acids is 1. The lowest BCUT2D eigenvalue weighted by atomic mass is 10.1. The van der Waals surface area contributed by atoms with Gasteiger partial charge in [-0.25, -0.2) is 4.79 Å². The van der Waals surface area contributed by atoms with E-state index in [-0.39, 0.29) is 18.1 Å². The predicted molar refractivity (Wildman–Crippen MR) is 97.3 cm³/mol. The number of aliphatic hydroxyl groups is 3. The van der Waals surface area contributed by atoms with Gasteiger partial charge in [0.25, 0.3) is 5.76 Å². The second-order valence-corrected chi connectivity index (χ2v) is 6.81. The van der Waals surface area contributed by atoms with Gasteiger partial charge in [-0.05, 0) is 13.3 Å². The minimum atomic E-state index is -1.36. The number of hydrogen-bond acceptors (Lipinski definition) is 8. The molecule has 0 aliphatic carbocycles. The molecule has 3 N–H and O–H groups in total. The molecule has 1 rings (SSSR count). The fourth-order valence-corrected chi connectivity index (χ4v) is 2.62. The highest BCUT2D eigenvalue weighted by Crippen LogP contribution is 2.28. The first-order valence-corrected chi connectivity index (χ1v) is 9.85. The third-order valence-corrected chi connectivity index (χ3v) is 4.14. The van der Waals surface area contributed by atoms with E-state index in [1.807, 2.05) is 0 Å². The summed E-state index contributed by atoms with van der Waals surface area (Å²) in [4.78, 5) is 21.9. The highest BCUT2D eigenvalue weighted by Gasteiger charge is 2.43. The van der Waals surface area contributed by atoms with Crippen molar-refractivity contribution < 1.29 is 39.4 Å². The maximum Gasteiger partial charge on any atom is 0.378 e. The SMILES string of the molecule is CCCCCCCCCCOC1=C(OOCC(C)O)[C@@H]([C@@H](O)CO)OC1=O. The predicted octanol–water partition coefficient (Wildman–Crippen LogP) is 1.96. The minimum absolute atomic E-state index is 0.123. The minimum Gasteiger partial charge on any atom is -0.484 e. The number of rotatable bonds is 16. The normalized spacial score (nSPS) is 19.1. The zero-order valence-electron chi connectivity index (χ0n) is 16.4. The Morgan fingerprint density at radius 1 is 1.07 bits per heavy atom. The number of ether oxygens (including phenoxy) is 2. The van der Waals surface area contributed by atoms with Gasteiger partial charge in [0.1, 0.15) is 12.7 Å². The van der Waals surface area contributed by atoms with Crippen molar-refractivity contribution >= 4 is 5.97 Å². The quantitative estimate of drug-likeness (QED) is 0.159. The summed E-state index contributed by atoms with van der Waals surface area (Å²) in [7, 11) is 0. The first-order chi connectivity index (χ1) is 13.0. The highest BCUT2D eigenvalue weighted by molar-refractivity contribution is 5.89. The number of cyclic esters (lactones) is 1. The lowest BCUT2D eigenvalue weighted by Crippen LogP contribution is -2.32. The molecule has 0 aromatic heterocycles. The molecular formula is C19H34O8. The molecule has 8 heteroatoms. The van der Waals surface area contributed by atoms with Crippen molar-refractivity contribution in [2.24, 2.45) is 0 Å². The van der Waals surface area contributed by atoms with Crippen molar-refractivity contribution in [1.82, 2.24) is 0 Å². The van der Waals surface area contributed by atoms with Gasteiger partial charge in [-0.2, -0.15) is 4.89 Å². The lowest BCUT2D eigenvalue weighted by molar-refractivity contribution is -0.284. The fourth-order valence-electron chi connectivity index (χ4n) is 2.62. The highest BCUT2D eigenvalue weighted by atomic mass is 17.2. The zero-order valence-corrected chi connectivity index (χ0v) is 16.4. The van der Waals surface area contributed by atoms with E-state index in [4.69, 9.17) is 24.4 Å². The van der Waals surface area contributed by atoms with Crippen LogP contribution in [-0.2, 0) is 24.0 Å². The van der Waals surface area contributed by atoms with Crippen LogP contribution in [-0.4, -0.2) is 59.4 Å². The average Bonchev–Trinajstić information content (AvgIpc) is 2.95. The van der Waals surface area contributed by atoms with Crippen LogP contribution in [0.5, 0.6) is 0 Å². The summed E-state index contributed by atoms with van der Waals surface area (Å²) < 4.78 is 10.5. The van der Waals surface area contributed by atoms with Crippen LogP contribution in [0.15, 0.2) is 11.5 Å². The second kappa shape index (κ2) is 13.8. The molecule has 0 aromatic rings. The molecule has 1 aliphatic heterocycles. The van der Waals surface area contributed by atoms with E-state index < -0.39 is 30.9 Å². The van der Waals surface area contributed by atoms with Gasteiger partial charge in [-0.3, -0.25) is 0 Å². The van der Waals surface area contributed by atoms with Crippen LogP contribution in [0.2, 0.25) is 0 Å². The third-order valence-electron chi connectivity index (χ3n) is 4.14. The van der Waals surface area contributed by atoms with Gasteiger partial charge in [-0.15, -0.1) is 0 Å². The van der Waals surface area contributed by atoms with Gasteiger partial charge in [0, 0.05) is 0 Å². The van der Waals surface area contributed by atoms with E-state index in [0.717, 1.165) is 19.3 Å². The standard InChI is InChI=1S/C19H34O8/c1-3-4-5-6-7-8-9-10-11-24-18-17(27-25-13-14(2)21)16(15(22)12-20)26-19(18)23/h14-16,20-22H,3-13H2,1-2H3/t14?,15-,16+/m0/s1. The van der Waals surface area contributed by atoms with E-state index in [1.165, 1.54) is 39.0 Å². The van der Waals surface area contributed by atoms with E-state index in [9.17, 15) is 15.0 Å². The molecule has 3 atom stereocenters. The number of unbranched alkanes of at least 4 members (excludes halogenated alkanes) is 7. The maximum absolute atomic E-state index is 12.0. The Hall–Kier alpha value is -1.35. The Morgan fingerprint density at radius 3 is 2.30 bits per heavy atom. The van der Waals surface area contributed by atoms with Crippen molar-refractivity contribution in [2.75, 3.05) is 19.8 Å². The van der Waals surface area contributed by atoms with Crippen LogP contribution < -0.4 is 0 Å². The van der Waals surface area contributed by atoms with Crippen LogP contribution in [0.25, 0.3) is 0 Å². The topological polar surface area (TPSA) is 115 Å². The van der Waals surface area contributed by atoms with Gasteiger partial charge in [-0.1, -0.05) is 51.9 Å². The Labute approximate surface area is 161 Å². The fraction of sp³-hybridized carbons (Fsp3) is 0.842. The Morgan fingerprint density at radius 2 is 1.70 bits per heavy atom. The van der Waals surface area contributed by atoms with Crippen LogP contribution in [0.3, 0.4) is 0 Å². The summed E-state index contributed by atoms with van der Waals surface area (Å²) in [5.74, 6) is -1.06. The average molecular weight is 390 g/mol. The van der Waals surface area contributed by atoms with Gasteiger partial charge in [0.05, 0.1) is 19.3 Å². The molecule has 0 radical (unpaired) electrons. The number of esters is 1. The second-order valence-electron chi connectivity index (χ2n) is 6.81. The van der Waals surface area contributed by atoms with Crippen molar-refractivity contribution in [2.45, 2.75) is 83.5 Å². The molecular weight excluding hydrogens is 356 g/mol. The zero-order chi connectivity index (χ0) is 20.1. The van der Waals surface area contributed by atoms with E-state index in [1.54, 1.807) is 0 Å². The van der Waals surface area contributed by atoms with E-state index >= 15 is 0 Å². The van der Waals surface area contributed by atoms with Gasteiger partial charge in [0.15, 0.2) is 6.10 Å². The van der Waals surface area contributed by atoms with Crippen molar-refractivity contribution in [3.63, 3.8) is 0 Å². The molecule has 0 amide bonds. The number of carbonyl (C=O) groups is 1. The smallest absolute Gasteiger partial charge is 0.378 e. The summed E-state index contributed by atoms with van der Waals surface area (Å²) in [6.45, 7) is 3.26. The molecule has 1 aliphatic rings. The molecule has 0 fully saturated rings. The molecule has 0 saturated carbocycles. The Kier molecular flexibility index (Phi) is 12.1. The number of hydrogen-bond donors (Lipinski definition) is 3. The summed E-state index contributed by atoms with van der Waals surface area (Å²) in [6.07, 6.45) is 5.77. The summed E-state index contributed by atoms with van der Waals surface area (Å²) in [5, 5.41) is 28.1. The summed E-state index contributed by atoms with van der Waals surface area (Å²) >= 11 is 0. The van der Waals surface area contributed by atoms with Crippen molar-refractivity contribution in [3.8, 4) is 0 Å². The molecule has 0 bridgehead atoms. The molecule has 158 valence electrons. The van der Waals surface area contributed by atoms with E-state index in [2.05, 4.69) is 6.92 Å². The number of aliphatic hydroxyl groups excluding tert-OH is 3. The first kappa shape index (κ1) is 23.7. The third kappa shape index (κ3) is 8.92. The Bertz CT molecular complexity index is 449. The summed E-state index contributed by atoms with van der Waals surface area (Å²) in [6, 6.07) is 0. The molecule has 0 saturated heterocycles. The van der Waals surface area contributed by atoms with E-state index in [0.29, 0.717) is 6.61 Å². The first-order valence-electron chi connectivity index (χ1n) is 9.85. The van der Waals surface area contributed by atoms with Crippen LogP contribution in [0.4, 0.5) is 0 Å². The van der Waals surface area contributed by atoms with Crippen molar-refractivity contribution in [3.05, 3.63) is 11.5 Å². The van der Waals surface area contributed by atoms with Gasteiger partial charge >= 0.3 is 5.97 Å². The van der Waals surface area contributed by atoms with Crippen molar-refractivity contribution in [1.29, 1.82) is 0 Å². The Balaban J connectivity index is 2.46. The molecule has 8 nitrogen and oxygen atoms in total. The van der Waals surface area contributed by atoms with Crippen LogP contribution in [0.1, 0.15) is 65.2 Å². The molecule has 0 aromatic carbocycles. The maximum atomic E-state index is 12.0. The summed E-state index contributed by atoms with van der Waals surface area (Å²) in [5.41, 5.74) is 0. The molecule has 27 heavy (non-hydrogen) atoms. The van der Waals surface area contributed by atoms with Gasteiger partial charge < -0.3 is 29.7 Å². The van der Waals surface area contributed by atoms with Gasteiger partial charge in [0.2, 0.25) is 5.76 Å². The monoisotopic (exact) mass is 390 g/mol. The van der Waals surface area contributed by atoms with Crippen LogP contribution in [0, 0.1) is 0 Å². The lowest BCUT2D eigenvalue weighted by Gasteiger charge is -2.17.